The Balaban J connectivity index is 1.76. The fourth-order valence-corrected chi connectivity index (χ4v) is 2.62. The van der Waals surface area contributed by atoms with E-state index in [1.165, 1.54) is 31.4 Å². The minimum Gasteiger partial charge on any atom is -0.467 e. The maximum absolute atomic E-state index is 12.6. The third kappa shape index (κ3) is 3.61. The van der Waals surface area contributed by atoms with Gasteiger partial charge in [-0.05, 0) is 37.3 Å². The summed E-state index contributed by atoms with van der Waals surface area (Å²) >= 11 is 0. The number of nitrogens with one attached hydrogen (secondary N) is 1. The number of nitrogens with two attached hydrogens (primary N) is 1. The Morgan fingerprint density at radius 2 is 1.89 bits per heavy atom. The van der Waals surface area contributed by atoms with Gasteiger partial charge in [0.05, 0.1) is 29.5 Å². The van der Waals surface area contributed by atoms with E-state index >= 15 is 0 Å². The maximum atomic E-state index is 12.6. The lowest BCUT2D eigenvalue weighted by atomic mass is 10.1. The smallest absolute Gasteiger partial charge is 0.338 e. The Bertz CT molecular complexity index is 981. The van der Waals surface area contributed by atoms with Gasteiger partial charge in [-0.1, -0.05) is 0 Å². The number of hydrogen-bond donors (Lipinski definition) is 2. The lowest BCUT2D eigenvalue weighted by molar-refractivity contribution is -0.127. The third-order valence-corrected chi connectivity index (χ3v) is 4.00. The van der Waals surface area contributed by atoms with Crippen molar-refractivity contribution in [1.29, 1.82) is 0 Å². The van der Waals surface area contributed by atoms with Gasteiger partial charge in [0.25, 0.3) is 17.7 Å². The molecule has 0 spiro atoms. The Kier molecular flexibility index (Phi) is 4.94. The van der Waals surface area contributed by atoms with Crippen LogP contribution in [0.15, 0.2) is 41.0 Å². The Labute approximate surface area is 158 Å². The van der Waals surface area contributed by atoms with Crippen LogP contribution >= 0.6 is 0 Å². The van der Waals surface area contributed by atoms with Gasteiger partial charge in [0, 0.05) is 0 Å². The normalized spacial score (nSPS) is 13.8. The molecular weight excluding hydrogens is 370 g/mol. The van der Waals surface area contributed by atoms with Crippen LogP contribution < -0.4 is 11.1 Å². The quantitative estimate of drug-likeness (QED) is 0.571. The standard InChI is InChI=1S/C18H15N3O7/c1-9(14(22)20-18(19)26)28-17(25)10-4-5-12-13(7-10)16(24)21(15(12)23)8-11-3-2-6-27-11/h2-7,9H,8H2,1H3,(H3,19,20,22,26)/t9-/m1/s1. The molecule has 28 heavy (non-hydrogen) atoms. The highest BCUT2D eigenvalue weighted by molar-refractivity contribution is 6.21. The largest absolute Gasteiger partial charge is 0.467 e. The summed E-state index contributed by atoms with van der Waals surface area (Å²) in [4.78, 5) is 60.5. The van der Waals surface area contributed by atoms with Gasteiger partial charge in [0.1, 0.15) is 5.76 Å². The van der Waals surface area contributed by atoms with E-state index in [2.05, 4.69) is 0 Å². The van der Waals surface area contributed by atoms with Crippen LogP contribution in [0.25, 0.3) is 0 Å². The minimum atomic E-state index is -1.29. The van der Waals surface area contributed by atoms with Gasteiger partial charge in [-0.2, -0.15) is 0 Å². The van der Waals surface area contributed by atoms with Crippen molar-refractivity contribution in [3.8, 4) is 0 Å². The molecule has 0 radical (unpaired) electrons. The molecule has 2 aromatic rings. The van der Waals surface area contributed by atoms with Gasteiger partial charge in [-0.3, -0.25) is 24.6 Å². The van der Waals surface area contributed by atoms with E-state index in [0.717, 1.165) is 4.90 Å². The van der Waals surface area contributed by atoms with Crippen LogP contribution in [-0.2, 0) is 16.1 Å². The zero-order chi connectivity index (χ0) is 20.4. The summed E-state index contributed by atoms with van der Waals surface area (Å²) < 4.78 is 10.1. The first-order valence-corrected chi connectivity index (χ1v) is 8.12. The third-order valence-electron chi connectivity index (χ3n) is 4.00. The second kappa shape index (κ2) is 7.35. The van der Waals surface area contributed by atoms with E-state index in [1.807, 2.05) is 0 Å². The molecule has 1 aromatic carbocycles. The maximum Gasteiger partial charge on any atom is 0.338 e. The first-order chi connectivity index (χ1) is 13.3. The van der Waals surface area contributed by atoms with Gasteiger partial charge in [0.15, 0.2) is 6.10 Å². The zero-order valence-electron chi connectivity index (χ0n) is 14.6. The Hall–Kier alpha value is -3.95. The van der Waals surface area contributed by atoms with Crippen molar-refractivity contribution in [2.24, 2.45) is 5.73 Å². The number of furan rings is 1. The average molecular weight is 385 g/mol. The lowest BCUT2D eigenvalue weighted by Gasteiger charge is -2.12. The molecule has 0 fully saturated rings. The monoisotopic (exact) mass is 385 g/mol. The number of carbonyl (C=O) groups excluding carboxylic acids is 5. The molecule has 1 atom stereocenters. The number of fused-ring (bicyclic) bond motifs is 1. The van der Waals surface area contributed by atoms with Crippen LogP contribution in [0.2, 0.25) is 0 Å². The lowest BCUT2D eigenvalue weighted by Crippen LogP contribution is -2.42. The highest BCUT2D eigenvalue weighted by Crippen LogP contribution is 2.26. The van der Waals surface area contributed by atoms with Gasteiger partial charge < -0.3 is 14.9 Å². The van der Waals surface area contributed by atoms with E-state index < -0.39 is 35.8 Å². The Morgan fingerprint density at radius 3 is 2.54 bits per heavy atom. The van der Waals surface area contributed by atoms with Crippen molar-refractivity contribution >= 4 is 29.7 Å². The summed E-state index contributed by atoms with van der Waals surface area (Å²) in [6.45, 7) is 1.22. The van der Waals surface area contributed by atoms with Crippen LogP contribution in [-0.4, -0.2) is 40.7 Å². The number of nitrogens with zero attached hydrogens (tertiary/aromatic N) is 1. The molecule has 10 nitrogen and oxygen atoms in total. The fraction of sp³-hybridized carbons (Fsp3) is 0.167. The predicted molar refractivity (Wildman–Crippen MR) is 92.0 cm³/mol. The van der Waals surface area contributed by atoms with E-state index in [0.29, 0.717) is 5.76 Å². The number of carbonyl (C=O) groups is 5. The van der Waals surface area contributed by atoms with Crippen molar-refractivity contribution in [3.05, 3.63) is 59.0 Å². The van der Waals surface area contributed by atoms with Crippen molar-refractivity contribution in [3.63, 3.8) is 0 Å². The molecule has 2 heterocycles. The van der Waals surface area contributed by atoms with E-state index in [9.17, 15) is 24.0 Å². The zero-order valence-corrected chi connectivity index (χ0v) is 14.6. The summed E-state index contributed by atoms with van der Waals surface area (Å²) in [5, 5.41) is 1.79. The molecule has 144 valence electrons. The number of esters is 1. The topological polar surface area (TPSA) is 149 Å². The molecular formula is C18H15N3O7. The van der Waals surface area contributed by atoms with Gasteiger partial charge in [0.2, 0.25) is 0 Å². The Morgan fingerprint density at radius 1 is 1.18 bits per heavy atom. The predicted octanol–water partition coefficient (Wildman–Crippen LogP) is 0.816. The molecule has 0 bridgehead atoms. The number of ether oxygens (including phenoxy) is 1. The second-order valence-electron chi connectivity index (χ2n) is 5.94. The highest BCUT2D eigenvalue weighted by Gasteiger charge is 2.36. The summed E-state index contributed by atoms with van der Waals surface area (Å²) in [6, 6.07) is 6.05. The van der Waals surface area contributed by atoms with Crippen molar-refractivity contribution in [1.82, 2.24) is 10.2 Å². The molecule has 0 unspecified atom stereocenters. The average Bonchev–Trinajstić information content (AvgIpc) is 3.24. The van der Waals surface area contributed by atoms with Crippen LogP contribution in [0.5, 0.6) is 0 Å². The summed E-state index contributed by atoms with van der Waals surface area (Å²) in [5.74, 6) is -2.45. The molecule has 0 saturated heterocycles. The van der Waals surface area contributed by atoms with Gasteiger partial charge >= 0.3 is 12.0 Å². The molecule has 5 amide bonds. The molecule has 1 aliphatic heterocycles. The van der Waals surface area contributed by atoms with Crippen LogP contribution in [0.4, 0.5) is 4.79 Å². The van der Waals surface area contributed by atoms with Gasteiger partial charge in [-0.25, -0.2) is 9.59 Å². The van der Waals surface area contributed by atoms with Crippen LogP contribution in [0.3, 0.4) is 0 Å². The van der Waals surface area contributed by atoms with E-state index in [4.69, 9.17) is 14.9 Å². The number of urea groups is 1. The SMILES string of the molecule is C[C@@H](OC(=O)c1ccc2c(c1)C(=O)N(Cc1ccco1)C2=O)C(=O)NC(N)=O. The molecule has 0 saturated carbocycles. The molecule has 10 heteroatoms. The number of imide groups is 2. The summed E-state index contributed by atoms with van der Waals surface area (Å²) in [7, 11) is 0. The number of primary amides is 1. The van der Waals surface area contributed by atoms with Crippen LogP contribution in [0.1, 0.15) is 43.8 Å². The summed E-state index contributed by atoms with van der Waals surface area (Å²) in [5.41, 5.74) is 4.99. The number of amides is 5. The van der Waals surface area contributed by atoms with Crippen molar-refractivity contribution in [2.45, 2.75) is 19.6 Å². The molecule has 0 aliphatic carbocycles. The van der Waals surface area contributed by atoms with Crippen molar-refractivity contribution in [2.75, 3.05) is 0 Å². The second-order valence-corrected chi connectivity index (χ2v) is 5.94. The fourth-order valence-electron chi connectivity index (χ4n) is 2.62. The van der Waals surface area contributed by atoms with Crippen molar-refractivity contribution < 1.29 is 33.1 Å². The summed E-state index contributed by atoms with van der Waals surface area (Å²) in [6.07, 6.45) is 0.137. The van der Waals surface area contributed by atoms with E-state index in [1.54, 1.807) is 17.4 Å². The van der Waals surface area contributed by atoms with E-state index in [-0.39, 0.29) is 23.2 Å². The van der Waals surface area contributed by atoms with Crippen LogP contribution in [0, 0.1) is 0 Å². The van der Waals surface area contributed by atoms with Gasteiger partial charge in [-0.15, -0.1) is 0 Å². The number of rotatable bonds is 5. The number of hydrogen-bond acceptors (Lipinski definition) is 7. The first-order valence-electron chi connectivity index (χ1n) is 8.12. The highest BCUT2D eigenvalue weighted by atomic mass is 16.5. The minimum absolute atomic E-state index is 0.0292. The molecule has 3 N–H and O–H groups in total. The molecule has 3 rings (SSSR count). The number of benzene rings is 1. The first kappa shape index (κ1) is 18.8. The molecule has 1 aromatic heterocycles. The molecule has 1 aliphatic rings.